The van der Waals surface area contributed by atoms with E-state index in [-0.39, 0.29) is 0 Å². The fourth-order valence-electron chi connectivity index (χ4n) is 2.33. The van der Waals surface area contributed by atoms with Crippen LogP contribution in [-0.2, 0) is 0 Å². The molecule has 0 fully saturated rings. The second-order valence-electron chi connectivity index (χ2n) is 4.49. The van der Waals surface area contributed by atoms with E-state index >= 15 is 0 Å². The van der Waals surface area contributed by atoms with Gasteiger partial charge in [-0.05, 0) is 51.6 Å². The van der Waals surface area contributed by atoms with Crippen molar-refractivity contribution in [3.63, 3.8) is 0 Å². The highest BCUT2D eigenvalue weighted by Gasteiger charge is 2.14. The average molecular weight is 392 g/mol. The Kier molecular flexibility index (Phi) is 2.71. The minimum atomic E-state index is 0.435. The Bertz CT molecular complexity index is 903. The lowest BCUT2D eigenvalue weighted by Gasteiger charge is -1.98. The van der Waals surface area contributed by atoms with E-state index < -0.39 is 0 Å². The number of fused-ring (bicyclic) bond motifs is 2. The first-order chi connectivity index (χ1) is 9.74. The Labute approximate surface area is 132 Å². The summed E-state index contributed by atoms with van der Waals surface area (Å²) in [5.74, 6) is 1.27. The van der Waals surface area contributed by atoms with Gasteiger partial charge in [-0.3, -0.25) is 0 Å². The van der Waals surface area contributed by atoms with Crippen molar-refractivity contribution in [3.8, 4) is 11.3 Å². The number of thiophene rings is 1. The van der Waals surface area contributed by atoms with E-state index in [0.29, 0.717) is 11.4 Å². The summed E-state index contributed by atoms with van der Waals surface area (Å²) in [5.41, 5.74) is 7.67. The lowest BCUT2D eigenvalue weighted by atomic mass is 10.1. The van der Waals surface area contributed by atoms with Crippen LogP contribution in [0.3, 0.4) is 0 Å². The first-order valence-corrected chi connectivity index (χ1v) is 8.00. The van der Waals surface area contributed by atoms with Gasteiger partial charge in [0, 0.05) is 25.4 Å². The maximum absolute atomic E-state index is 5.96. The maximum atomic E-state index is 5.96. The van der Waals surface area contributed by atoms with Crippen LogP contribution in [0.5, 0.6) is 0 Å². The zero-order valence-corrected chi connectivity index (χ0v) is 13.2. The minimum absolute atomic E-state index is 0.435. The molecule has 0 aliphatic carbocycles. The molecule has 4 aromatic rings. The number of aromatic nitrogens is 1. The summed E-state index contributed by atoms with van der Waals surface area (Å²) in [5, 5.41) is 4.34. The molecule has 0 amide bonds. The summed E-state index contributed by atoms with van der Waals surface area (Å²) in [4.78, 5) is 4.15. The summed E-state index contributed by atoms with van der Waals surface area (Å²) in [6.07, 6.45) is 1.77. The fourth-order valence-corrected chi connectivity index (χ4v) is 3.79. The lowest BCUT2D eigenvalue weighted by Crippen LogP contribution is -1.90. The Morgan fingerprint density at radius 1 is 1.25 bits per heavy atom. The summed E-state index contributed by atoms with van der Waals surface area (Å²) in [6, 6.07) is 10.4. The van der Waals surface area contributed by atoms with Crippen LogP contribution in [0.4, 0.5) is 5.82 Å². The highest BCUT2D eigenvalue weighted by atomic mass is 127. The molecule has 0 radical (unpaired) electrons. The maximum Gasteiger partial charge on any atom is 0.177 e. The van der Waals surface area contributed by atoms with Crippen LogP contribution < -0.4 is 5.73 Å². The molecule has 3 nitrogen and oxygen atoms in total. The van der Waals surface area contributed by atoms with Crippen LogP contribution in [0.15, 0.2) is 46.3 Å². The highest BCUT2D eigenvalue weighted by Crippen LogP contribution is 2.37. The lowest BCUT2D eigenvalue weighted by molar-refractivity contribution is 0.632. The van der Waals surface area contributed by atoms with Gasteiger partial charge in [0.2, 0.25) is 0 Å². The highest BCUT2D eigenvalue weighted by molar-refractivity contribution is 14.1. The molecule has 20 heavy (non-hydrogen) atoms. The number of halogens is 1. The summed E-state index contributed by atoms with van der Waals surface area (Å²) in [7, 11) is 0. The third-order valence-electron chi connectivity index (χ3n) is 3.28. The zero-order valence-electron chi connectivity index (χ0n) is 10.3. The van der Waals surface area contributed by atoms with Crippen molar-refractivity contribution >= 4 is 60.8 Å². The number of nitrogens with two attached hydrogens (primary N) is 1. The van der Waals surface area contributed by atoms with E-state index in [2.05, 4.69) is 51.2 Å². The second kappa shape index (κ2) is 4.46. The van der Waals surface area contributed by atoms with Gasteiger partial charge < -0.3 is 10.2 Å². The fraction of sp³-hybridized carbons (Fsp3) is 0. The predicted molar refractivity (Wildman–Crippen MR) is 92.0 cm³/mol. The SMILES string of the molecule is Nc1ncc(I)c2cc(-c3cccc4ccsc34)oc12. The molecule has 0 spiro atoms. The first kappa shape index (κ1) is 12.2. The quantitative estimate of drug-likeness (QED) is 0.469. The number of anilines is 1. The van der Waals surface area contributed by atoms with E-state index in [9.17, 15) is 0 Å². The minimum Gasteiger partial charge on any atom is -0.452 e. The zero-order chi connectivity index (χ0) is 13.7. The van der Waals surface area contributed by atoms with Crippen LogP contribution >= 0.6 is 33.9 Å². The van der Waals surface area contributed by atoms with Gasteiger partial charge in [-0.15, -0.1) is 11.3 Å². The normalized spacial score (nSPS) is 11.4. The molecular weight excluding hydrogens is 383 g/mol. The van der Waals surface area contributed by atoms with Gasteiger partial charge in [-0.2, -0.15) is 0 Å². The Balaban J connectivity index is 2.06. The number of nitrogens with zero attached hydrogens (tertiary/aromatic N) is 1. The van der Waals surface area contributed by atoms with Gasteiger partial charge >= 0.3 is 0 Å². The molecule has 0 saturated carbocycles. The molecule has 98 valence electrons. The van der Waals surface area contributed by atoms with Gasteiger partial charge in [0.05, 0.1) is 0 Å². The molecule has 0 atom stereocenters. The van der Waals surface area contributed by atoms with Crippen molar-refractivity contribution in [2.45, 2.75) is 0 Å². The summed E-state index contributed by atoms with van der Waals surface area (Å²) >= 11 is 3.97. The van der Waals surface area contributed by atoms with Crippen LogP contribution in [-0.4, -0.2) is 4.98 Å². The third kappa shape index (κ3) is 1.73. The number of hydrogen-bond acceptors (Lipinski definition) is 4. The van der Waals surface area contributed by atoms with Gasteiger partial charge in [-0.1, -0.05) is 12.1 Å². The molecule has 5 heteroatoms. The molecular formula is C15H9IN2OS. The van der Waals surface area contributed by atoms with E-state index in [1.807, 2.05) is 12.1 Å². The third-order valence-corrected chi connectivity index (χ3v) is 5.11. The number of hydrogen-bond donors (Lipinski definition) is 1. The number of rotatable bonds is 1. The van der Waals surface area contributed by atoms with Crippen molar-refractivity contribution in [3.05, 3.63) is 45.5 Å². The predicted octanol–water partition coefficient (Wildman–Crippen LogP) is 4.90. The largest absolute Gasteiger partial charge is 0.452 e. The topological polar surface area (TPSA) is 52.0 Å². The van der Waals surface area contributed by atoms with Gasteiger partial charge in [0.1, 0.15) is 5.76 Å². The Morgan fingerprint density at radius 3 is 3.00 bits per heavy atom. The summed E-state index contributed by atoms with van der Waals surface area (Å²) < 4.78 is 8.23. The monoisotopic (exact) mass is 392 g/mol. The molecule has 0 aliphatic heterocycles. The van der Waals surface area contributed by atoms with Crippen LogP contribution in [0, 0.1) is 3.57 Å². The average Bonchev–Trinajstić information content (AvgIpc) is 3.09. The van der Waals surface area contributed by atoms with Crippen molar-refractivity contribution in [2.75, 3.05) is 5.73 Å². The standard InChI is InChI=1S/C15H9IN2OS/c16-11-7-18-15(17)13-10(11)6-12(19-13)9-3-1-2-8-4-5-20-14(8)9/h1-7H,(H2,17,18). The first-order valence-electron chi connectivity index (χ1n) is 6.04. The molecule has 4 rings (SSSR count). The van der Waals surface area contributed by atoms with E-state index in [1.165, 1.54) is 10.1 Å². The molecule has 2 N–H and O–H groups in total. The number of pyridine rings is 1. The van der Waals surface area contributed by atoms with Gasteiger partial charge in [0.25, 0.3) is 0 Å². The number of nitrogen functional groups attached to an aromatic ring is 1. The second-order valence-corrected chi connectivity index (χ2v) is 6.57. The molecule has 0 unspecified atom stereocenters. The van der Waals surface area contributed by atoms with Gasteiger partial charge in [-0.25, -0.2) is 4.98 Å². The van der Waals surface area contributed by atoms with Crippen molar-refractivity contribution < 1.29 is 4.42 Å². The Morgan fingerprint density at radius 2 is 2.15 bits per heavy atom. The molecule has 0 saturated heterocycles. The molecule has 3 aromatic heterocycles. The van der Waals surface area contributed by atoms with E-state index in [1.54, 1.807) is 17.5 Å². The smallest absolute Gasteiger partial charge is 0.177 e. The molecule has 1 aromatic carbocycles. The van der Waals surface area contributed by atoms with E-state index in [0.717, 1.165) is 20.3 Å². The van der Waals surface area contributed by atoms with Crippen molar-refractivity contribution in [1.29, 1.82) is 0 Å². The molecule has 0 bridgehead atoms. The van der Waals surface area contributed by atoms with Crippen molar-refractivity contribution in [1.82, 2.24) is 4.98 Å². The van der Waals surface area contributed by atoms with Crippen LogP contribution in [0.25, 0.3) is 32.4 Å². The summed E-state index contributed by atoms with van der Waals surface area (Å²) in [6.45, 7) is 0. The molecule has 0 aliphatic rings. The van der Waals surface area contributed by atoms with Crippen LogP contribution in [0.2, 0.25) is 0 Å². The Hall–Kier alpha value is -1.60. The molecule has 3 heterocycles. The number of furan rings is 1. The van der Waals surface area contributed by atoms with Crippen molar-refractivity contribution in [2.24, 2.45) is 0 Å². The van der Waals surface area contributed by atoms with E-state index in [4.69, 9.17) is 10.2 Å². The number of benzene rings is 1. The van der Waals surface area contributed by atoms with Crippen LogP contribution in [0.1, 0.15) is 0 Å². The van der Waals surface area contributed by atoms with Gasteiger partial charge in [0.15, 0.2) is 11.4 Å².